The highest BCUT2D eigenvalue weighted by molar-refractivity contribution is 5.87. The summed E-state index contributed by atoms with van der Waals surface area (Å²) < 4.78 is 43.1. The number of alkyl halides is 3. The van der Waals surface area contributed by atoms with Gasteiger partial charge in [0.25, 0.3) is 0 Å². The van der Waals surface area contributed by atoms with Gasteiger partial charge in [0.15, 0.2) is 5.69 Å². The minimum atomic E-state index is -4.51. The molecule has 0 N–H and O–H groups in total. The number of rotatable bonds is 1. The van der Waals surface area contributed by atoms with Gasteiger partial charge in [-0.25, -0.2) is 9.78 Å². The van der Waals surface area contributed by atoms with Crippen molar-refractivity contribution < 1.29 is 22.7 Å². The van der Waals surface area contributed by atoms with E-state index in [1.165, 1.54) is 12.1 Å². The quantitative estimate of drug-likeness (QED) is 0.722. The molecule has 0 aromatic carbocycles. The third-order valence-corrected chi connectivity index (χ3v) is 2.18. The first-order valence-electron chi connectivity index (χ1n) is 4.57. The van der Waals surface area contributed by atoms with Crippen molar-refractivity contribution in [2.45, 2.75) is 6.18 Å². The third kappa shape index (κ3) is 1.95. The average Bonchev–Trinajstić information content (AvgIpc) is 2.69. The standard InChI is InChI=1S/C10H7F3N2O2/c1-17-9(16)6-5-15-7(10(11,12)13)3-2-4-8(15)14-6/h2-5H,1H3. The van der Waals surface area contributed by atoms with Crippen LogP contribution in [-0.4, -0.2) is 22.5 Å². The second kappa shape index (κ2) is 3.76. The van der Waals surface area contributed by atoms with Crippen molar-refractivity contribution in [1.82, 2.24) is 9.38 Å². The van der Waals surface area contributed by atoms with Gasteiger partial charge in [0.2, 0.25) is 0 Å². The maximum absolute atomic E-state index is 12.6. The molecule has 2 rings (SSSR count). The van der Waals surface area contributed by atoms with Gasteiger partial charge in [0, 0.05) is 6.20 Å². The average molecular weight is 244 g/mol. The number of nitrogens with zero attached hydrogens (tertiary/aromatic N) is 2. The van der Waals surface area contributed by atoms with Crippen molar-refractivity contribution in [2.75, 3.05) is 7.11 Å². The van der Waals surface area contributed by atoms with E-state index in [-0.39, 0.29) is 11.3 Å². The van der Waals surface area contributed by atoms with Crippen LogP contribution in [0.25, 0.3) is 5.65 Å². The number of imidazole rings is 1. The Balaban J connectivity index is 2.65. The van der Waals surface area contributed by atoms with E-state index in [4.69, 9.17) is 0 Å². The molecule has 0 radical (unpaired) electrons. The van der Waals surface area contributed by atoms with Crippen LogP contribution in [-0.2, 0) is 10.9 Å². The van der Waals surface area contributed by atoms with Crippen LogP contribution < -0.4 is 0 Å². The smallest absolute Gasteiger partial charge is 0.431 e. The summed E-state index contributed by atoms with van der Waals surface area (Å²) in [7, 11) is 1.14. The van der Waals surface area contributed by atoms with Gasteiger partial charge < -0.3 is 4.74 Å². The van der Waals surface area contributed by atoms with Gasteiger partial charge in [-0.1, -0.05) is 6.07 Å². The molecule has 0 aliphatic rings. The molecule has 0 saturated heterocycles. The second-order valence-electron chi connectivity index (χ2n) is 3.25. The van der Waals surface area contributed by atoms with E-state index in [0.29, 0.717) is 0 Å². The number of aromatic nitrogens is 2. The molecule has 2 aromatic rings. The molecule has 2 aromatic heterocycles. The lowest BCUT2D eigenvalue weighted by molar-refractivity contribution is -0.142. The molecule has 90 valence electrons. The molecule has 0 bridgehead atoms. The molecule has 0 atom stereocenters. The van der Waals surface area contributed by atoms with Crippen LogP contribution in [0.15, 0.2) is 24.4 Å². The first-order valence-corrected chi connectivity index (χ1v) is 4.57. The van der Waals surface area contributed by atoms with Crippen molar-refractivity contribution in [3.05, 3.63) is 35.8 Å². The van der Waals surface area contributed by atoms with E-state index in [1.54, 1.807) is 0 Å². The number of hydrogen-bond acceptors (Lipinski definition) is 3. The molecule has 0 amide bonds. The largest absolute Gasteiger partial charge is 0.464 e. The van der Waals surface area contributed by atoms with Crippen molar-refractivity contribution in [3.8, 4) is 0 Å². The number of esters is 1. The zero-order valence-corrected chi connectivity index (χ0v) is 8.65. The number of methoxy groups -OCH3 is 1. The van der Waals surface area contributed by atoms with E-state index in [2.05, 4.69) is 9.72 Å². The highest BCUT2D eigenvalue weighted by Gasteiger charge is 2.33. The van der Waals surface area contributed by atoms with E-state index >= 15 is 0 Å². The summed E-state index contributed by atoms with van der Waals surface area (Å²) in [6.07, 6.45) is -3.50. The molecule has 2 heterocycles. The van der Waals surface area contributed by atoms with E-state index in [0.717, 1.165) is 23.8 Å². The number of fused-ring (bicyclic) bond motifs is 1. The number of halogens is 3. The van der Waals surface area contributed by atoms with E-state index in [9.17, 15) is 18.0 Å². The van der Waals surface area contributed by atoms with Crippen molar-refractivity contribution >= 4 is 11.6 Å². The number of carbonyl (C=O) groups is 1. The maximum atomic E-state index is 12.6. The first kappa shape index (κ1) is 11.4. The molecular weight excluding hydrogens is 237 g/mol. The van der Waals surface area contributed by atoms with Gasteiger partial charge in [-0.05, 0) is 12.1 Å². The summed E-state index contributed by atoms with van der Waals surface area (Å²) in [6.45, 7) is 0. The minimum absolute atomic E-state index is 0.0419. The van der Waals surface area contributed by atoms with Crippen LogP contribution in [0.3, 0.4) is 0 Å². The summed E-state index contributed by atoms with van der Waals surface area (Å²) in [4.78, 5) is 14.9. The van der Waals surface area contributed by atoms with Crippen LogP contribution in [0, 0.1) is 0 Å². The van der Waals surface area contributed by atoms with Crippen molar-refractivity contribution in [3.63, 3.8) is 0 Å². The summed E-state index contributed by atoms with van der Waals surface area (Å²) >= 11 is 0. The summed E-state index contributed by atoms with van der Waals surface area (Å²) in [5.74, 6) is -0.776. The first-order chi connectivity index (χ1) is 7.93. The fourth-order valence-corrected chi connectivity index (χ4v) is 1.44. The summed E-state index contributed by atoms with van der Waals surface area (Å²) in [6, 6.07) is 3.52. The van der Waals surface area contributed by atoms with Crippen LogP contribution in [0.4, 0.5) is 13.2 Å². The molecule has 0 fully saturated rings. The van der Waals surface area contributed by atoms with Crippen LogP contribution >= 0.6 is 0 Å². The van der Waals surface area contributed by atoms with E-state index < -0.39 is 17.8 Å². The molecular formula is C10H7F3N2O2. The fourth-order valence-electron chi connectivity index (χ4n) is 1.44. The van der Waals surface area contributed by atoms with Gasteiger partial charge in [-0.3, -0.25) is 4.40 Å². The fraction of sp³-hybridized carbons (Fsp3) is 0.200. The molecule has 0 aliphatic heterocycles. The van der Waals surface area contributed by atoms with Gasteiger partial charge in [0.1, 0.15) is 11.3 Å². The molecule has 0 spiro atoms. The van der Waals surface area contributed by atoms with Gasteiger partial charge in [-0.15, -0.1) is 0 Å². The van der Waals surface area contributed by atoms with Crippen molar-refractivity contribution in [2.24, 2.45) is 0 Å². The maximum Gasteiger partial charge on any atom is 0.431 e. The highest BCUT2D eigenvalue weighted by Crippen LogP contribution is 2.29. The van der Waals surface area contributed by atoms with Gasteiger partial charge in [-0.2, -0.15) is 13.2 Å². The Morgan fingerprint density at radius 1 is 1.41 bits per heavy atom. The number of hydrogen-bond donors (Lipinski definition) is 0. The lowest BCUT2D eigenvalue weighted by Crippen LogP contribution is -2.10. The zero-order chi connectivity index (χ0) is 12.6. The predicted octanol–water partition coefficient (Wildman–Crippen LogP) is 2.14. The molecule has 0 saturated carbocycles. The Labute approximate surface area is 93.6 Å². The molecule has 17 heavy (non-hydrogen) atoms. The lowest BCUT2D eigenvalue weighted by atomic mass is 10.3. The van der Waals surface area contributed by atoms with Crippen LogP contribution in [0.1, 0.15) is 16.2 Å². The zero-order valence-electron chi connectivity index (χ0n) is 8.65. The predicted molar refractivity (Wildman–Crippen MR) is 51.5 cm³/mol. The van der Waals surface area contributed by atoms with Crippen molar-refractivity contribution in [1.29, 1.82) is 0 Å². The normalized spacial score (nSPS) is 11.8. The Bertz CT molecular complexity index is 574. The topological polar surface area (TPSA) is 43.6 Å². The van der Waals surface area contributed by atoms with Gasteiger partial charge >= 0.3 is 12.1 Å². The SMILES string of the molecule is COC(=O)c1cn2c(C(F)(F)F)cccc2n1. The molecule has 0 unspecified atom stereocenters. The number of carbonyl (C=O) groups excluding carboxylic acids is 1. The monoisotopic (exact) mass is 244 g/mol. The molecule has 7 heteroatoms. The Hall–Kier alpha value is -2.05. The number of ether oxygens (including phenoxy) is 1. The van der Waals surface area contributed by atoms with E-state index in [1.807, 2.05) is 0 Å². The molecule has 0 aliphatic carbocycles. The minimum Gasteiger partial charge on any atom is -0.464 e. The summed E-state index contributed by atoms with van der Waals surface area (Å²) in [5.41, 5.74) is -1.01. The Morgan fingerprint density at radius 3 is 2.71 bits per heavy atom. The molecule has 4 nitrogen and oxygen atoms in total. The van der Waals surface area contributed by atoms with Gasteiger partial charge in [0.05, 0.1) is 7.11 Å². The summed E-state index contributed by atoms with van der Waals surface area (Å²) in [5, 5.41) is 0. The Kier molecular flexibility index (Phi) is 2.53. The lowest BCUT2D eigenvalue weighted by Gasteiger charge is -2.08. The van der Waals surface area contributed by atoms with Crippen LogP contribution in [0.2, 0.25) is 0 Å². The number of pyridine rings is 1. The second-order valence-corrected chi connectivity index (χ2v) is 3.25. The van der Waals surface area contributed by atoms with Crippen LogP contribution in [0.5, 0.6) is 0 Å². The Morgan fingerprint density at radius 2 is 2.12 bits per heavy atom. The highest BCUT2D eigenvalue weighted by atomic mass is 19.4. The third-order valence-electron chi connectivity index (χ3n) is 2.18.